The smallest absolute Gasteiger partial charge is 0.243 e. The van der Waals surface area contributed by atoms with E-state index >= 15 is 0 Å². The van der Waals surface area contributed by atoms with Gasteiger partial charge in [0.05, 0.1) is 6.42 Å². The SMILES string of the molecule is CCC(C(=O)NC1CCCC1)N(Cc1ccccc1)C(=O)Cc1cc(C)cc(C)c1. The van der Waals surface area contributed by atoms with Crippen LogP contribution < -0.4 is 5.32 Å². The Balaban J connectivity index is 1.81. The topological polar surface area (TPSA) is 49.4 Å². The van der Waals surface area contributed by atoms with E-state index in [9.17, 15) is 9.59 Å². The highest BCUT2D eigenvalue weighted by atomic mass is 16.2. The molecule has 2 aromatic rings. The van der Waals surface area contributed by atoms with Gasteiger partial charge in [0.1, 0.15) is 6.04 Å². The molecule has 2 amide bonds. The van der Waals surface area contributed by atoms with Crippen molar-refractivity contribution in [1.82, 2.24) is 10.2 Å². The highest BCUT2D eigenvalue weighted by molar-refractivity contribution is 5.88. The van der Waals surface area contributed by atoms with Crippen LogP contribution in [0.15, 0.2) is 48.5 Å². The van der Waals surface area contributed by atoms with Gasteiger partial charge in [-0.3, -0.25) is 9.59 Å². The summed E-state index contributed by atoms with van der Waals surface area (Å²) in [5.74, 6) is -0.0219. The van der Waals surface area contributed by atoms with Gasteiger partial charge in [0, 0.05) is 12.6 Å². The van der Waals surface area contributed by atoms with Gasteiger partial charge in [-0.15, -0.1) is 0 Å². The van der Waals surface area contributed by atoms with Crippen molar-refractivity contribution in [1.29, 1.82) is 0 Å². The lowest BCUT2D eigenvalue weighted by Crippen LogP contribution is -2.51. The van der Waals surface area contributed by atoms with Crippen LogP contribution in [0.2, 0.25) is 0 Å². The molecule has 0 aliphatic heterocycles. The third-order valence-corrected chi connectivity index (χ3v) is 5.92. The number of hydrogen-bond donors (Lipinski definition) is 1. The summed E-state index contributed by atoms with van der Waals surface area (Å²) in [6.07, 6.45) is 5.32. The predicted octanol–water partition coefficient (Wildman–Crippen LogP) is 4.71. The number of nitrogens with zero attached hydrogens (tertiary/aromatic N) is 1. The molecular weight excluding hydrogens is 372 g/mol. The van der Waals surface area contributed by atoms with Crippen molar-refractivity contribution < 1.29 is 9.59 Å². The van der Waals surface area contributed by atoms with Gasteiger partial charge in [-0.05, 0) is 44.2 Å². The predicted molar refractivity (Wildman–Crippen MR) is 121 cm³/mol. The maximum Gasteiger partial charge on any atom is 0.243 e. The van der Waals surface area contributed by atoms with Crippen LogP contribution >= 0.6 is 0 Å². The van der Waals surface area contributed by atoms with Crippen molar-refractivity contribution >= 4 is 11.8 Å². The fraction of sp³-hybridized carbons (Fsp3) is 0.462. The van der Waals surface area contributed by atoms with E-state index in [0.717, 1.165) is 35.1 Å². The average Bonchev–Trinajstić information content (AvgIpc) is 3.20. The third-order valence-electron chi connectivity index (χ3n) is 5.92. The quantitative estimate of drug-likeness (QED) is 0.690. The molecular formula is C26H34N2O2. The van der Waals surface area contributed by atoms with Gasteiger partial charge in [-0.2, -0.15) is 0 Å². The van der Waals surface area contributed by atoms with E-state index in [0.29, 0.717) is 19.4 Å². The Morgan fingerprint density at radius 2 is 1.63 bits per heavy atom. The molecule has 4 nitrogen and oxygen atoms in total. The van der Waals surface area contributed by atoms with Crippen molar-refractivity contribution in [3.8, 4) is 0 Å². The van der Waals surface area contributed by atoms with Crippen molar-refractivity contribution in [2.75, 3.05) is 0 Å². The van der Waals surface area contributed by atoms with E-state index in [1.165, 1.54) is 12.8 Å². The van der Waals surface area contributed by atoms with Crippen LogP contribution in [0.25, 0.3) is 0 Å². The second kappa shape index (κ2) is 10.4. The molecule has 1 atom stereocenters. The minimum Gasteiger partial charge on any atom is -0.352 e. The first-order valence-corrected chi connectivity index (χ1v) is 11.2. The number of hydrogen-bond acceptors (Lipinski definition) is 2. The summed E-state index contributed by atoms with van der Waals surface area (Å²) in [7, 11) is 0. The first-order chi connectivity index (χ1) is 14.5. The Labute approximate surface area is 180 Å². The summed E-state index contributed by atoms with van der Waals surface area (Å²) in [5.41, 5.74) is 4.34. The first kappa shape index (κ1) is 22.1. The summed E-state index contributed by atoms with van der Waals surface area (Å²) < 4.78 is 0. The molecule has 1 N–H and O–H groups in total. The van der Waals surface area contributed by atoms with Gasteiger partial charge in [0.2, 0.25) is 11.8 Å². The van der Waals surface area contributed by atoms with Crippen LogP contribution in [0.5, 0.6) is 0 Å². The number of carbonyl (C=O) groups excluding carboxylic acids is 2. The lowest BCUT2D eigenvalue weighted by Gasteiger charge is -2.31. The van der Waals surface area contributed by atoms with E-state index in [4.69, 9.17) is 0 Å². The molecule has 0 bridgehead atoms. The molecule has 0 heterocycles. The van der Waals surface area contributed by atoms with E-state index in [-0.39, 0.29) is 17.9 Å². The van der Waals surface area contributed by atoms with Crippen LogP contribution in [0.4, 0.5) is 0 Å². The molecule has 30 heavy (non-hydrogen) atoms. The zero-order valence-electron chi connectivity index (χ0n) is 18.5. The van der Waals surface area contributed by atoms with E-state index in [2.05, 4.69) is 23.5 Å². The minimum absolute atomic E-state index is 0.00252. The van der Waals surface area contributed by atoms with Gasteiger partial charge in [0.25, 0.3) is 0 Å². The second-order valence-corrected chi connectivity index (χ2v) is 8.59. The van der Waals surface area contributed by atoms with E-state index < -0.39 is 6.04 Å². The van der Waals surface area contributed by atoms with Gasteiger partial charge in [-0.1, -0.05) is 79.4 Å². The molecule has 160 valence electrons. The standard InChI is InChI=1S/C26H34N2O2/c1-4-24(26(30)27-23-12-8-9-13-23)28(18-21-10-6-5-7-11-21)25(29)17-22-15-19(2)14-20(3)16-22/h5-7,10-11,14-16,23-24H,4,8-9,12-13,17-18H2,1-3H3,(H,27,30). The molecule has 4 heteroatoms. The van der Waals surface area contributed by atoms with Crippen LogP contribution in [0.1, 0.15) is 61.3 Å². The number of nitrogens with one attached hydrogen (secondary N) is 1. The third kappa shape index (κ3) is 5.94. The highest BCUT2D eigenvalue weighted by Crippen LogP contribution is 2.20. The molecule has 0 spiro atoms. The molecule has 1 aliphatic carbocycles. The normalized spacial score (nSPS) is 15.0. The number of aryl methyl sites for hydroxylation is 2. The van der Waals surface area contributed by atoms with Crippen LogP contribution in [-0.4, -0.2) is 28.8 Å². The van der Waals surface area contributed by atoms with Gasteiger partial charge in [-0.25, -0.2) is 0 Å². The second-order valence-electron chi connectivity index (χ2n) is 8.59. The van der Waals surface area contributed by atoms with Crippen LogP contribution in [0, 0.1) is 13.8 Å². The summed E-state index contributed by atoms with van der Waals surface area (Å²) in [5, 5.41) is 3.20. The molecule has 0 aromatic heterocycles. The zero-order valence-corrected chi connectivity index (χ0v) is 18.5. The Morgan fingerprint density at radius 3 is 2.23 bits per heavy atom. The number of carbonyl (C=O) groups is 2. The molecule has 1 saturated carbocycles. The summed E-state index contributed by atoms with van der Waals surface area (Å²) >= 11 is 0. The minimum atomic E-state index is -0.454. The van der Waals surface area contributed by atoms with Crippen molar-refractivity contribution in [3.05, 3.63) is 70.8 Å². The van der Waals surface area contributed by atoms with Gasteiger partial charge in [0.15, 0.2) is 0 Å². The fourth-order valence-corrected chi connectivity index (χ4v) is 4.51. The van der Waals surface area contributed by atoms with Gasteiger partial charge < -0.3 is 10.2 Å². The molecule has 0 radical (unpaired) electrons. The molecule has 2 aromatic carbocycles. The Hall–Kier alpha value is -2.62. The lowest BCUT2D eigenvalue weighted by molar-refractivity contribution is -0.141. The van der Waals surface area contributed by atoms with E-state index in [1.807, 2.05) is 51.1 Å². The van der Waals surface area contributed by atoms with Crippen LogP contribution in [0.3, 0.4) is 0 Å². The Bertz CT molecular complexity index is 836. The number of benzene rings is 2. The summed E-state index contributed by atoms with van der Waals surface area (Å²) in [4.78, 5) is 28.3. The Morgan fingerprint density at radius 1 is 1.00 bits per heavy atom. The average molecular weight is 407 g/mol. The fourth-order valence-electron chi connectivity index (χ4n) is 4.51. The number of amides is 2. The lowest BCUT2D eigenvalue weighted by atomic mass is 10.0. The van der Waals surface area contributed by atoms with Crippen LogP contribution in [-0.2, 0) is 22.6 Å². The maximum atomic E-state index is 13.4. The zero-order chi connectivity index (χ0) is 21.5. The maximum absolute atomic E-state index is 13.4. The first-order valence-electron chi connectivity index (χ1n) is 11.2. The van der Waals surface area contributed by atoms with Crippen molar-refractivity contribution in [2.45, 2.75) is 77.9 Å². The van der Waals surface area contributed by atoms with Gasteiger partial charge >= 0.3 is 0 Å². The Kier molecular flexibility index (Phi) is 7.67. The monoisotopic (exact) mass is 406 g/mol. The molecule has 3 rings (SSSR count). The highest BCUT2D eigenvalue weighted by Gasteiger charge is 2.30. The largest absolute Gasteiger partial charge is 0.352 e. The number of rotatable bonds is 8. The van der Waals surface area contributed by atoms with Crippen molar-refractivity contribution in [3.63, 3.8) is 0 Å². The van der Waals surface area contributed by atoms with E-state index in [1.54, 1.807) is 4.90 Å². The molecule has 1 aliphatic rings. The van der Waals surface area contributed by atoms with Crippen molar-refractivity contribution in [2.24, 2.45) is 0 Å². The summed E-state index contributed by atoms with van der Waals surface area (Å²) in [6, 6.07) is 16.0. The molecule has 1 fully saturated rings. The molecule has 0 saturated heterocycles. The summed E-state index contributed by atoms with van der Waals surface area (Å²) in [6.45, 7) is 6.53. The molecule has 1 unspecified atom stereocenters.